The van der Waals surface area contributed by atoms with Crippen molar-refractivity contribution in [2.75, 3.05) is 13.1 Å². The predicted molar refractivity (Wildman–Crippen MR) is 106 cm³/mol. The molecular weight excluding hydrogens is 310 g/mol. The van der Waals surface area contributed by atoms with Gasteiger partial charge in [-0.25, -0.2) is 0 Å². The van der Waals surface area contributed by atoms with Crippen LogP contribution in [0, 0.1) is 0 Å². The lowest BCUT2D eigenvalue weighted by atomic mass is 9.85. The van der Waals surface area contributed by atoms with Gasteiger partial charge in [-0.15, -0.1) is 0 Å². The van der Waals surface area contributed by atoms with E-state index in [0.717, 1.165) is 31.4 Å². The molecule has 138 valence electrons. The topological polar surface area (TPSA) is 40.5 Å². The van der Waals surface area contributed by atoms with Crippen molar-refractivity contribution in [1.82, 2.24) is 4.90 Å². The fourth-order valence-corrected chi connectivity index (χ4v) is 2.72. The Kier molecular flexibility index (Phi) is 8.47. The summed E-state index contributed by atoms with van der Waals surface area (Å²) in [6.45, 7) is 11.5. The zero-order valence-electron chi connectivity index (χ0n) is 16.4. The maximum atomic E-state index is 12.8. The van der Waals surface area contributed by atoms with Crippen molar-refractivity contribution < 1.29 is 9.90 Å². The van der Waals surface area contributed by atoms with Crippen LogP contribution in [-0.4, -0.2) is 29.0 Å². The Morgan fingerprint density at radius 1 is 1.08 bits per heavy atom. The second kappa shape index (κ2) is 10.1. The van der Waals surface area contributed by atoms with Gasteiger partial charge in [-0.1, -0.05) is 58.9 Å². The first kappa shape index (κ1) is 21.0. The fourth-order valence-electron chi connectivity index (χ4n) is 2.72. The first-order valence-corrected chi connectivity index (χ1v) is 9.32. The average Bonchev–Trinajstić information content (AvgIpc) is 2.60. The minimum absolute atomic E-state index is 0.0321. The molecule has 1 aliphatic heterocycles. The van der Waals surface area contributed by atoms with Crippen molar-refractivity contribution in [3.63, 3.8) is 0 Å². The number of phenolic OH excluding ortho intramolecular Hbond substituents is 1. The van der Waals surface area contributed by atoms with Gasteiger partial charge >= 0.3 is 0 Å². The molecule has 0 fully saturated rings. The van der Waals surface area contributed by atoms with Gasteiger partial charge < -0.3 is 10.0 Å². The Morgan fingerprint density at radius 2 is 1.76 bits per heavy atom. The lowest BCUT2D eigenvalue weighted by Crippen LogP contribution is -2.32. The van der Waals surface area contributed by atoms with Crippen LogP contribution < -0.4 is 0 Å². The van der Waals surface area contributed by atoms with E-state index in [2.05, 4.69) is 24.3 Å². The molecule has 0 spiro atoms. The molecule has 1 aromatic carbocycles. The number of benzene rings is 1. The number of carbonyl (C=O) groups excluding carboxylic acids is 1. The third-order valence-electron chi connectivity index (χ3n) is 4.07. The van der Waals surface area contributed by atoms with Crippen molar-refractivity contribution in [1.29, 1.82) is 0 Å². The normalized spacial score (nSPS) is 17.9. The molecule has 0 radical (unpaired) electrons. The standard InChI is InChI=1S/C20H27NO2.C2H6/c1-20(2,3)17-15-16(11-12-18(17)22)19(23)21-13-9-7-5-4-6-8-10-14-21;1-2/h4-5,8,10-12,15,22H,6-7,9,13-14H2,1-3H3;1-2H3/b5-4-,10-8-;. The van der Waals surface area contributed by atoms with Gasteiger partial charge in [0.25, 0.3) is 5.91 Å². The molecule has 1 amide bonds. The molecule has 1 N–H and O–H groups in total. The van der Waals surface area contributed by atoms with E-state index in [4.69, 9.17) is 0 Å². The minimum Gasteiger partial charge on any atom is -0.508 e. The van der Waals surface area contributed by atoms with Gasteiger partial charge in [0.2, 0.25) is 0 Å². The Morgan fingerprint density at radius 3 is 2.44 bits per heavy atom. The van der Waals surface area contributed by atoms with Crippen LogP contribution in [0.3, 0.4) is 0 Å². The van der Waals surface area contributed by atoms with E-state index in [1.54, 1.807) is 12.1 Å². The summed E-state index contributed by atoms with van der Waals surface area (Å²) in [5.41, 5.74) is 1.26. The van der Waals surface area contributed by atoms with Gasteiger partial charge in [-0.3, -0.25) is 4.79 Å². The van der Waals surface area contributed by atoms with E-state index < -0.39 is 0 Å². The van der Waals surface area contributed by atoms with Gasteiger partial charge in [0.15, 0.2) is 0 Å². The smallest absolute Gasteiger partial charge is 0.254 e. The van der Waals surface area contributed by atoms with E-state index in [1.165, 1.54) is 0 Å². The van der Waals surface area contributed by atoms with Gasteiger partial charge in [0.05, 0.1) is 0 Å². The van der Waals surface area contributed by atoms with Gasteiger partial charge in [-0.2, -0.15) is 0 Å². The number of allylic oxidation sites excluding steroid dienone is 3. The summed E-state index contributed by atoms with van der Waals surface area (Å²) in [6, 6.07) is 5.18. The van der Waals surface area contributed by atoms with E-state index in [1.807, 2.05) is 45.6 Å². The van der Waals surface area contributed by atoms with Crippen LogP contribution >= 0.6 is 0 Å². The molecule has 0 saturated carbocycles. The fraction of sp³-hybridized carbons (Fsp3) is 0.500. The monoisotopic (exact) mass is 343 g/mol. The molecule has 0 aliphatic carbocycles. The number of hydrogen-bond donors (Lipinski definition) is 1. The van der Waals surface area contributed by atoms with Crippen LogP contribution in [0.5, 0.6) is 5.75 Å². The maximum absolute atomic E-state index is 12.8. The Bertz CT molecular complexity index is 609. The molecule has 0 unspecified atom stereocenters. The first-order chi connectivity index (χ1) is 11.9. The van der Waals surface area contributed by atoms with Gasteiger partial charge in [0, 0.05) is 24.2 Å². The Balaban J connectivity index is 0.00000151. The van der Waals surface area contributed by atoms with Crippen LogP contribution in [-0.2, 0) is 5.41 Å². The second-order valence-corrected chi connectivity index (χ2v) is 7.05. The van der Waals surface area contributed by atoms with Crippen LogP contribution in [0.25, 0.3) is 0 Å². The Labute approximate surface area is 153 Å². The average molecular weight is 344 g/mol. The minimum atomic E-state index is -0.198. The van der Waals surface area contributed by atoms with Crippen molar-refractivity contribution in [2.45, 2.75) is 59.3 Å². The highest BCUT2D eigenvalue weighted by Crippen LogP contribution is 2.31. The van der Waals surface area contributed by atoms with Crippen molar-refractivity contribution in [3.05, 3.63) is 53.6 Å². The Hall–Kier alpha value is -2.03. The third kappa shape index (κ3) is 6.41. The molecule has 0 saturated heterocycles. The molecule has 0 bridgehead atoms. The SMILES string of the molecule is CC.CC(C)(C)c1cc(C(=O)N2C/C=C\C/C=C\CCC2)ccc1O. The summed E-state index contributed by atoms with van der Waals surface area (Å²) in [5, 5.41) is 10.1. The number of rotatable bonds is 1. The first-order valence-electron chi connectivity index (χ1n) is 9.32. The lowest BCUT2D eigenvalue weighted by Gasteiger charge is -2.24. The molecule has 3 heteroatoms. The van der Waals surface area contributed by atoms with E-state index >= 15 is 0 Å². The van der Waals surface area contributed by atoms with Gasteiger partial charge in [-0.05, 0) is 42.9 Å². The quantitative estimate of drug-likeness (QED) is 0.688. The van der Waals surface area contributed by atoms with Crippen molar-refractivity contribution >= 4 is 5.91 Å². The summed E-state index contributed by atoms with van der Waals surface area (Å²) < 4.78 is 0. The molecule has 0 aromatic heterocycles. The zero-order valence-corrected chi connectivity index (χ0v) is 16.4. The van der Waals surface area contributed by atoms with E-state index in [-0.39, 0.29) is 17.1 Å². The number of carbonyl (C=O) groups is 1. The molecule has 1 aliphatic rings. The van der Waals surface area contributed by atoms with Crippen molar-refractivity contribution in [3.8, 4) is 5.75 Å². The number of amides is 1. The highest BCUT2D eigenvalue weighted by molar-refractivity contribution is 5.94. The molecule has 25 heavy (non-hydrogen) atoms. The molecule has 3 nitrogen and oxygen atoms in total. The number of aromatic hydroxyl groups is 1. The number of nitrogens with zero attached hydrogens (tertiary/aromatic N) is 1. The second-order valence-electron chi connectivity index (χ2n) is 7.05. The van der Waals surface area contributed by atoms with Gasteiger partial charge in [0.1, 0.15) is 5.75 Å². The molecular formula is C22H33NO2. The van der Waals surface area contributed by atoms with Crippen molar-refractivity contribution in [2.24, 2.45) is 0 Å². The maximum Gasteiger partial charge on any atom is 0.254 e. The predicted octanol–water partition coefficient (Wildman–Crippen LogP) is 5.45. The van der Waals surface area contributed by atoms with Crippen LogP contribution in [0.1, 0.15) is 69.8 Å². The van der Waals surface area contributed by atoms with Crippen LogP contribution in [0.15, 0.2) is 42.5 Å². The number of phenols is 1. The van der Waals surface area contributed by atoms with Crippen LogP contribution in [0.4, 0.5) is 0 Å². The molecule has 1 heterocycles. The molecule has 2 rings (SSSR count). The highest BCUT2D eigenvalue weighted by Gasteiger charge is 2.21. The zero-order chi connectivity index (χ0) is 18.9. The molecule has 1 aromatic rings. The summed E-state index contributed by atoms with van der Waals surface area (Å²) in [4.78, 5) is 14.7. The highest BCUT2D eigenvalue weighted by atomic mass is 16.3. The summed E-state index contributed by atoms with van der Waals surface area (Å²) >= 11 is 0. The van der Waals surface area contributed by atoms with E-state index in [0.29, 0.717) is 12.1 Å². The third-order valence-corrected chi connectivity index (χ3v) is 4.07. The number of hydrogen-bond acceptors (Lipinski definition) is 2. The summed E-state index contributed by atoms with van der Waals surface area (Å²) in [5.74, 6) is 0.282. The van der Waals surface area contributed by atoms with E-state index in [9.17, 15) is 9.90 Å². The summed E-state index contributed by atoms with van der Waals surface area (Å²) in [6.07, 6.45) is 11.4. The van der Waals surface area contributed by atoms with Crippen LogP contribution in [0.2, 0.25) is 0 Å². The molecule has 0 atom stereocenters. The largest absolute Gasteiger partial charge is 0.508 e. The summed E-state index contributed by atoms with van der Waals surface area (Å²) in [7, 11) is 0. The lowest BCUT2D eigenvalue weighted by molar-refractivity contribution is 0.0772.